The second kappa shape index (κ2) is 6.70. The minimum absolute atomic E-state index is 0.132. The van der Waals surface area contributed by atoms with Crippen LogP contribution in [0.3, 0.4) is 0 Å². The zero-order valence-corrected chi connectivity index (χ0v) is 13.6. The highest BCUT2D eigenvalue weighted by Gasteiger charge is 2.15. The van der Waals surface area contributed by atoms with E-state index in [1.54, 1.807) is 43.3 Å². The molecule has 7 heteroatoms. The van der Waals surface area contributed by atoms with Crippen molar-refractivity contribution in [3.63, 3.8) is 0 Å². The Morgan fingerprint density at radius 2 is 1.65 bits per heavy atom. The number of benzene rings is 2. The Kier molecular flexibility index (Phi) is 4.90. The highest BCUT2D eigenvalue weighted by Crippen LogP contribution is 2.21. The van der Waals surface area contributed by atoms with E-state index in [9.17, 15) is 13.2 Å². The van der Waals surface area contributed by atoms with Crippen molar-refractivity contribution in [1.29, 1.82) is 0 Å². The van der Waals surface area contributed by atoms with E-state index in [-0.39, 0.29) is 4.90 Å². The highest BCUT2D eigenvalue weighted by atomic mass is 32.2. The Labute approximate surface area is 135 Å². The molecule has 0 heterocycles. The normalized spacial score (nSPS) is 12.4. The summed E-state index contributed by atoms with van der Waals surface area (Å²) in [6.07, 6.45) is 0. The maximum atomic E-state index is 12.3. The number of ether oxygens (including phenoxy) is 1. The van der Waals surface area contributed by atoms with Gasteiger partial charge in [0.25, 0.3) is 10.0 Å². The average molecular weight is 334 g/mol. The number of nitrogens with two attached hydrogens (primary N) is 1. The van der Waals surface area contributed by atoms with E-state index in [2.05, 4.69) is 4.72 Å². The molecule has 0 spiro atoms. The predicted molar refractivity (Wildman–Crippen MR) is 87.9 cm³/mol. The Hall–Kier alpha value is -2.54. The smallest absolute Gasteiger partial charge is 0.261 e. The Balaban J connectivity index is 2.18. The third kappa shape index (κ3) is 4.01. The molecule has 6 nitrogen and oxygen atoms in total. The van der Waals surface area contributed by atoms with E-state index in [4.69, 9.17) is 10.5 Å². The van der Waals surface area contributed by atoms with E-state index < -0.39 is 21.8 Å². The number of primary amides is 1. The molecular weight excluding hydrogens is 316 g/mol. The van der Waals surface area contributed by atoms with Crippen molar-refractivity contribution < 1.29 is 17.9 Å². The van der Waals surface area contributed by atoms with Gasteiger partial charge in [-0.15, -0.1) is 0 Å². The van der Waals surface area contributed by atoms with Crippen LogP contribution in [-0.4, -0.2) is 21.4 Å². The van der Waals surface area contributed by atoms with Crippen LogP contribution in [-0.2, 0) is 14.8 Å². The first-order valence-electron chi connectivity index (χ1n) is 6.89. The molecule has 0 aromatic heterocycles. The van der Waals surface area contributed by atoms with Crippen LogP contribution in [0.25, 0.3) is 0 Å². The van der Waals surface area contributed by atoms with Crippen molar-refractivity contribution in [2.75, 3.05) is 11.8 Å². The Bertz CT molecular complexity index is 784. The van der Waals surface area contributed by atoms with Gasteiger partial charge in [-0.05, 0) is 48.9 Å². The van der Waals surface area contributed by atoms with Gasteiger partial charge in [-0.3, -0.25) is 9.52 Å². The summed E-state index contributed by atoms with van der Waals surface area (Å²) in [5, 5.41) is 0. The first kappa shape index (κ1) is 16.8. The topological polar surface area (TPSA) is 98.5 Å². The molecule has 2 aromatic carbocycles. The molecule has 2 rings (SSSR count). The van der Waals surface area contributed by atoms with Crippen molar-refractivity contribution in [2.24, 2.45) is 5.73 Å². The lowest BCUT2D eigenvalue weighted by Gasteiger charge is -2.11. The lowest BCUT2D eigenvalue weighted by Crippen LogP contribution is -2.18. The summed E-state index contributed by atoms with van der Waals surface area (Å²) in [5.41, 5.74) is 6.38. The van der Waals surface area contributed by atoms with Crippen molar-refractivity contribution in [3.8, 4) is 5.75 Å². The molecule has 1 atom stereocenters. The van der Waals surface area contributed by atoms with Crippen molar-refractivity contribution in [3.05, 3.63) is 54.1 Å². The predicted octanol–water partition coefficient (Wildman–Crippen LogP) is 2.08. The summed E-state index contributed by atoms with van der Waals surface area (Å²) in [4.78, 5) is 11.3. The quantitative estimate of drug-likeness (QED) is 0.845. The standard InChI is InChI=1S/C16H18N2O4S/c1-11(16(17)19)12-3-5-13(6-4-12)18-23(20,21)15-9-7-14(22-2)8-10-15/h3-11,18H,1-2H3,(H2,17,19)/t11-/m0/s1. The SMILES string of the molecule is COc1ccc(S(=O)(=O)Nc2ccc([C@H](C)C(N)=O)cc2)cc1. The van der Waals surface area contributed by atoms with Crippen LogP contribution >= 0.6 is 0 Å². The summed E-state index contributed by atoms with van der Waals surface area (Å²) in [7, 11) is -2.17. The fourth-order valence-electron chi connectivity index (χ4n) is 1.97. The van der Waals surface area contributed by atoms with E-state index in [0.717, 1.165) is 5.56 Å². The zero-order valence-electron chi connectivity index (χ0n) is 12.8. The average Bonchev–Trinajstić information content (AvgIpc) is 2.54. The van der Waals surface area contributed by atoms with Gasteiger partial charge in [0, 0.05) is 5.69 Å². The largest absolute Gasteiger partial charge is 0.497 e. The molecule has 0 aliphatic carbocycles. The molecule has 0 saturated heterocycles. The number of sulfonamides is 1. The highest BCUT2D eigenvalue weighted by molar-refractivity contribution is 7.92. The van der Waals surface area contributed by atoms with Crippen LogP contribution in [0.2, 0.25) is 0 Å². The monoisotopic (exact) mass is 334 g/mol. The van der Waals surface area contributed by atoms with Crippen LogP contribution in [0.15, 0.2) is 53.4 Å². The van der Waals surface area contributed by atoms with Crippen LogP contribution in [0.4, 0.5) is 5.69 Å². The van der Waals surface area contributed by atoms with Gasteiger partial charge in [-0.25, -0.2) is 8.42 Å². The van der Waals surface area contributed by atoms with Crippen LogP contribution < -0.4 is 15.2 Å². The van der Waals surface area contributed by atoms with Crippen LogP contribution in [0.5, 0.6) is 5.75 Å². The lowest BCUT2D eigenvalue weighted by atomic mass is 10.0. The first-order valence-corrected chi connectivity index (χ1v) is 8.38. The molecule has 0 aliphatic rings. The molecule has 0 radical (unpaired) electrons. The third-order valence-electron chi connectivity index (χ3n) is 3.46. The number of carbonyl (C=O) groups is 1. The number of hydrogen-bond acceptors (Lipinski definition) is 4. The fraction of sp³-hybridized carbons (Fsp3) is 0.188. The molecule has 0 unspecified atom stereocenters. The molecule has 23 heavy (non-hydrogen) atoms. The number of amides is 1. The number of hydrogen-bond donors (Lipinski definition) is 2. The Morgan fingerprint density at radius 3 is 2.13 bits per heavy atom. The summed E-state index contributed by atoms with van der Waals surface area (Å²) < 4.78 is 32.1. The van der Waals surface area contributed by atoms with E-state index in [1.165, 1.54) is 19.2 Å². The van der Waals surface area contributed by atoms with Crippen molar-refractivity contribution >= 4 is 21.6 Å². The van der Waals surface area contributed by atoms with E-state index in [0.29, 0.717) is 11.4 Å². The number of rotatable bonds is 6. The second-order valence-electron chi connectivity index (χ2n) is 5.03. The third-order valence-corrected chi connectivity index (χ3v) is 4.86. The molecule has 0 saturated carbocycles. The maximum absolute atomic E-state index is 12.3. The maximum Gasteiger partial charge on any atom is 0.261 e. The zero-order chi connectivity index (χ0) is 17.0. The first-order chi connectivity index (χ1) is 10.8. The van der Waals surface area contributed by atoms with Gasteiger partial charge < -0.3 is 10.5 Å². The van der Waals surface area contributed by atoms with Gasteiger partial charge in [0.1, 0.15) is 5.75 Å². The molecule has 0 aliphatic heterocycles. The second-order valence-corrected chi connectivity index (χ2v) is 6.71. The van der Waals surface area contributed by atoms with Crippen LogP contribution in [0.1, 0.15) is 18.4 Å². The fourth-order valence-corrected chi connectivity index (χ4v) is 3.03. The molecular formula is C16H18N2O4S. The Morgan fingerprint density at radius 1 is 1.09 bits per heavy atom. The molecule has 3 N–H and O–H groups in total. The van der Waals surface area contributed by atoms with Gasteiger partial charge in [0.05, 0.1) is 17.9 Å². The molecule has 2 aromatic rings. The summed E-state index contributed by atoms with van der Waals surface area (Å²) >= 11 is 0. The van der Waals surface area contributed by atoms with E-state index in [1.807, 2.05) is 0 Å². The number of carbonyl (C=O) groups excluding carboxylic acids is 1. The van der Waals surface area contributed by atoms with Crippen molar-refractivity contribution in [2.45, 2.75) is 17.7 Å². The molecule has 0 bridgehead atoms. The number of anilines is 1. The van der Waals surface area contributed by atoms with E-state index >= 15 is 0 Å². The lowest BCUT2D eigenvalue weighted by molar-refractivity contribution is -0.119. The molecule has 0 fully saturated rings. The van der Waals surface area contributed by atoms with Gasteiger partial charge in [0.15, 0.2) is 0 Å². The number of methoxy groups -OCH3 is 1. The van der Waals surface area contributed by atoms with Gasteiger partial charge >= 0.3 is 0 Å². The van der Waals surface area contributed by atoms with Gasteiger partial charge in [-0.1, -0.05) is 12.1 Å². The minimum atomic E-state index is -3.68. The molecule has 1 amide bonds. The summed E-state index contributed by atoms with van der Waals surface area (Å²) in [5.74, 6) is -0.285. The van der Waals surface area contributed by atoms with Crippen LogP contribution in [0, 0.1) is 0 Å². The minimum Gasteiger partial charge on any atom is -0.497 e. The van der Waals surface area contributed by atoms with Gasteiger partial charge in [0.2, 0.25) is 5.91 Å². The molecule has 122 valence electrons. The van der Waals surface area contributed by atoms with Crippen molar-refractivity contribution in [1.82, 2.24) is 0 Å². The number of nitrogens with one attached hydrogen (secondary N) is 1. The van der Waals surface area contributed by atoms with Gasteiger partial charge in [-0.2, -0.15) is 0 Å². The summed E-state index contributed by atoms with van der Waals surface area (Å²) in [6, 6.07) is 12.6. The summed E-state index contributed by atoms with van der Waals surface area (Å²) in [6.45, 7) is 1.69.